The van der Waals surface area contributed by atoms with E-state index >= 15 is 0 Å². The number of ether oxygens (including phenoxy) is 1. The summed E-state index contributed by atoms with van der Waals surface area (Å²) in [6.45, 7) is 5.07. The van der Waals surface area contributed by atoms with Gasteiger partial charge in [0.2, 0.25) is 5.91 Å². The Hall–Kier alpha value is -2.28. The van der Waals surface area contributed by atoms with Crippen molar-refractivity contribution in [3.63, 3.8) is 0 Å². The van der Waals surface area contributed by atoms with Crippen LogP contribution in [0.25, 0.3) is 0 Å². The van der Waals surface area contributed by atoms with Crippen LogP contribution in [-0.2, 0) is 4.79 Å². The number of aliphatic hydroxyl groups is 1. The number of phenolic OH excluding ortho intramolecular Hbond substituents is 1. The second-order valence-corrected chi connectivity index (χ2v) is 7.59. The van der Waals surface area contributed by atoms with Crippen molar-refractivity contribution in [3.8, 4) is 11.5 Å². The predicted octanol–water partition coefficient (Wildman–Crippen LogP) is 1.77. The lowest BCUT2D eigenvalue weighted by atomic mass is 9.85. The zero-order valence-electron chi connectivity index (χ0n) is 16.0. The van der Waals surface area contributed by atoms with Gasteiger partial charge in [0.05, 0.1) is 12.7 Å². The highest BCUT2D eigenvalue weighted by molar-refractivity contribution is 6.00. The van der Waals surface area contributed by atoms with Gasteiger partial charge in [0.15, 0.2) is 0 Å². The molecule has 0 saturated carbocycles. The number of phenols is 1. The number of likely N-dealkylation sites (tertiary alicyclic amines) is 2. The molecule has 1 spiro atoms. The van der Waals surface area contributed by atoms with Crippen molar-refractivity contribution in [2.75, 3.05) is 26.2 Å². The van der Waals surface area contributed by atoms with Gasteiger partial charge in [0.1, 0.15) is 17.0 Å². The third-order valence-corrected chi connectivity index (χ3v) is 5.32. The van der Waals surface area contributed by atoms with Crippen molar-refractivity contribution in [2.45, 2.75) is 51.2 Å². The van der Waals surface area contributed by atoms with Gasteiger partial charge in [-0.15, -0.1) is 0 Å². The van der Waals surface area contributed by atoms with Gasteiger partial charge in [-0.3, -0.25) is 9.59 Å². The summed E-state index contributed by atoms with van der Waals surface area (Å²) in [6.07, 6.45) is 2.75. The van der Waals surface area contributed by atoms with Gasteiger partial charge in [-0.05, 0) is 51.7 Å². The van der Waals surface area contributed by atoms with Crippen LogP contribution < -0.4 is 4.74 Å². The summed E-state index contributed by atoms with van der Waals surface area (Å²) in [4.78, 5) is 29.7. The lowest BCUT2D eigenvalue weighted by Gasteiger charge is -2.44. The number of benzene rings is 1. The van der Waals surface area contributed by atoms with E-state index in [0.29, 0.717) is 43.8 Å². The highest BCUT2D eigenvalue weighted by atomic mass is 16.5. The number of carbonyl (C=O) groups excluding carboxylic acids is 2. The number of aliphatic hydroxyl groups excluding tert-OH is 1. The molecular weight excluding hydrogens is 348 g/mol. The number of amides is 2. The topological polar surface area (TPSA) is 90.3 Å². The summed E-state index contributed by atoms with van der Waals surface area (Å²) in [5.41, 5.74) is -0.520. The Morgan fingerprint density at radius 1 is 1.22 bits per heavy atom. The molecular formula is C20H28N2O5. The van der Waals surface area contributed by atoms with E-state index in [9.17, 15) is 19.8 Å². The highest BCUT2D eigenvalue weighted by Gasteiger charge is 2.52. The van der Waals surface area contributed by atoms with Gasteiger partial charge in [-0.25, -0.2) is 0 Å². The Kier molecular flexibility index (Phi) is 5.60. The molecule has 2 heterocycles. The first-order valence-corrected chi connectivity index (χ1v) is 9.60. The molecule has 7 heteroatoms. The van der Waals surface area contributed by atoms with Crippen LogP contribution >= 0.6 is 0 Å². The Balaban J connectivity index is 1.90. The number of piperidine rings is 1. The molecule has 27 heavy (non-hydrogen) atoms. The standard InChI is InChI=1S/C20H28N2O5/c1-14(2)27-17-12-15(11-16(24)13-17)18(25)22-8-4-6-20(22)5-3-7-21(9-10-23)19(20)26/h11-14,23-24H,3-10H2,1-2H3. The Labute approximate surface area is 159 Å². The van der Waals surface area contributed by atoms with Gasteiger partial charge in [0.25, 0.3) is 5.91 Å². The number of nitrogens with zero attached hydrogens (tertiary/aromatic N) is 2. The van der Waals surface area contributed by atoms with Crippen LogP contribution in [0.15, 0.2) is 18.2 Å². The average Bonchev–Trinajstić information content (AvgIpc) is 3.02. The zero-order valence-corrected chi connectivity index (χ0v) is 16.0. The maximum atomic E-state index is 13.3. The molecule has 7 nitrogen and oxygen atoms in total. The van der Waals surface area contributed by atoms with E-state index in [-0.39, 0.29) is 30.3 Å². The first kappa shape index (κ1) is 19.5. The summed E-state index contributed by atoms with van der Waals surface area (Å²) < 4.78 is 5.62. The molecule has 0 radical (unpaired) electrons. The Morgan fingerprint density at radius 3 is 2.59 bits per heavy atom. The van der Waals surface area contributed by atoms with E-state index in [2.05, 4.69) is 0 Å². The molecule has 1 atom stereocenters. The molecule has 148 valence electrons. The molecule has 0 bridgehead atoms. The number of aromatic hydroxyl groups is 1. The van der Waals surface area contributed by atoms with E-state index in [4.69, 9.17) is 4.74 Å². The predicted molar refractivity (Wildman–Crippen MR) is 99.8 cm³/mol. The van der Waals surface area contributed by atoms with Gasteiger partial charge in [-0.1, -0.05) is 0 Å². The maximum absolute atomic E-state index is 13.3. The highest BCUT2D eigenvalue weighted by Crippen LogP contribution is 2.39. The largest absolute Gasteiger partial charge is 0.508 e. The molecule has 2 aliphatic heterocycles. The van der Waals surface area contributed by atoms with E-state index in [0.717, 1.165) is 12.8 Å². The fourth-order valence-corrected chi connectivity index (χ4v) is 4.26. The van der Waals surface area contributed by atoms with Crippen molar-refractivity contribution in [1.29, 1.82) is 0 Å². The lowest BCUT2D eigenvalue weighted by molar-refractivity contribution is -0.146. The molecule has 0 aromatic heterocycles. The Bertz CT molecular complexity index is 718. The van der Waals surface area contributed by atoms with Crippen molar-refractivity contribution in [1.82, 2.24) is 9.80 Å². The molecule has 2 N–H and O–H groups in total. The molecule has 2 aliphatic rings. The van der Waals surface area contributed by atoms with Crippen LogP contribution in [0.1, 0.15) is 49.9 Å². The minimum absolute atomic E-state index is 0.0402. The average molecular weight is 376 g/mol. The third-order valence-electron chi connectivity index (χ3n) is 5.32. The maximum Gasteiger partial charge on any atom is 0.255 e. The second-order valence-electron chi connectivity index (χ2n) is 7.59. The fourth-order valence-electron chi connectivity index (χ4n) is 4.26. The summed E-state index contributed by atoms with van der Waals surface area (Å²) in [7, 11) is 0. The van der Waals surface area contributed by atoms with Crippen LogP contribution in [0.4, 0.5) is 0 Å². The number of β-amino-alcohol motifs (C(OH)–C–C–N with tert-alkyl or cyclic N) is 1. The fraction of sp³-hybridized carbons (Fsp3) is 0.600. The first-order valence-electron chi connectivity index (χ1n) is 9.60. The molecule has 2 fully saturated rings. The van der Waals surface area contributed by atoms with Crippen LogP contribution in [-0.4, -0.2) is 69.7 Å². The monoisotopic (exact) mass is 376 g/mol. The van der Waals surface area contributed by atoms with Crippen molar-refractivity contribution >= 4 is 11.8 Å². The summed E-state index contributed by atoms with van der Waals surface area (Å²) >= 11 is 0. The SMILES string of the molecule is CC(C)Oc1cc(O)cc(C(=O)N2CCCC23CCCN(CCO)C3=O)c1. The normalized spacial score (nSPS) is 22.7. The molecule has 1 unspecified atom stereocenters. The van der Waals surface area contributed by atoms with Gasteiger partial charge in [-0.2, -0.15) is 0 Å². The van der Waals surface area contributed by atoms with Gasteiger partial charge < -0.3 is 24.7 Å². The molecule has 3 rings (SSSR count). The van der Waals surface area contributed by atoms with E-state index in [1.165, 1.54) is 12.1 Å². The molecule has 2 saturated heterocycles. The number of carbonyl (C=O) groups is 2. The molecule has 1 aromatic rings. The lowest BCUT2D eigenvalue weighted by Crippen LogP contribution is -2.61. The molecule has 0 aliphatic carbocycles. The van der Waals surface area contributed by atoms with E-state index < -0.39 is 5.54 Å². The van der Waals surface area contributed by atoms with Crippen molar-refractivity contribution in [3.05, 3.63) is 23.8 Å². The van der Waals surface area contributed by atoms with E-state index in [1.54, 1.807) is 15.9 Å². The van der Waals surface area contributed by atoms with Crippen LogP contribution in [0.5, 0.6) is 11.5 Å². The van der Waals surface area contributed by atoms with Crippen molar-refractivity contribution < 1.29 is 24.5 Å². The number of hydrogen-bond donors (Lipinski definition) is 2. The number of hydrogen-bond acceptors (Lipinski definition) is 5. The summed E-state index contributed by atoms with van der Waals surface area (Å²) in [6, 6.07) is 4.51. The Morgan fingerprint density at radius 2 is 1.93 bits per heavy atom. The van der Waals surface area contributed by atoms with Crippen molar-refractivity contribution in [2.24, 2.45) is 0 Å². The second kappa shape index (κ2) is 7.76. The van der Waals surface area contributed by atoms with Crippen LogP contribution in [0.3, 0.4) is 0 Å². The molecule has 1 aromatic carbocycles. The quantitative estimate of drug-likeness (QED) is 0.817. The first-order chi connectivity index (χ1) is 12.9. The van der Waals surface area contributed by atoms with Gasteiger partial charge in [0, 0.05) is 31.3 Å². The smallest absolute Gasteiger partial charge is 0.255 e. The number of rotatable bonds is 5. The van der Waals surface area contributed by atoms with Crippen LogP contribution in [0, 0.1) is 0 Å². The van der Waals surface area contributed by atoms with Gasteiger partial charge >= 0.3 is 0 Å². The minimum Gasteiger partial charge on any atom is -0.508 e. The minimum atomic E-state index is -0.838. The zero-order chi connectivity index (χ0) is 19.6. The van der Waals surface area contributed by atoms with E-state index in [1.807, 2.05) is 13.8 Å². The summed E-state index contributed by atoms with van der Waals surface area (Å²) in [5.74, 6) is 0.0451. The van der Waals surface area contributed by atoms with Crippen LogP contribution in [0.2, 0.25) is 0 Å². The third kappa shape index (κ3) is 3.74. The molecule has 2 amide bonds. The summed E-state index contributed by atoms with van der Waals surface area (Å²) in [5, 5.41) is 19.2.